The van der Waals surface area contributed by atoms with Crippen LogP contribution < -0.4 is 9.47 Å². The number of rotatable bonds is 6. The second-order valence-corrected chi connectivity index (χ2v) is 6.55. The van der Waals surface area contributed by atoms with Crippen molar-refractivity contribution in [2.45, 2.75) is 6.61 Å². The Labute approximate surface area is 172 Å². The highest BCUT2D eigenvalue weighted by Crippen LogP contribution is 2.35. The van der Waals surface area contributed by atoms with Crippen molar-refractivity contribution in [3.63, 3.8) is 0 Å². The van der Waals surface area contributed by atoms with Crippen LogP contribution in [0.25, 0.3) is 6.08 Å². The summed E-state index contributed by atoms with van der Waals surface area (Å²) in [7, 11) is 0. The zero-order valence-corrected chi connectivity index (χ0v) is 15.8. The van der Waals surface area contributed by atoms with Crippen LogP contribution in [0.3, 0.4) is 0 Å². The SMILES string of the molecule is O=C(COc1ccc2c(c1)OC(=Cc1ccccc1F)C2=O)OCc1ccccc1. The molecule has 1 heterocycles. The van der Waals surface area contributed by atoms with Crippen LogP contribution in [-0.2, 0) is 16.1 Å². The lowest BCUT2D eigenvalue weighted by Crippen LogP contribution is -2.14. The summed E-state index contributed by atoms with van der Waals surface area (Å²) in [6, 6.07) is 20.0. The van der Waals surface area contributed by atoms with Crippen molar-refractivity contribution in [3.8, 4) is 11.5 Å². The average molecular weight is 404 g/mol. The van der Waals surface area contributed by atoms with Crippen LogP contribution in [0.4, 0.5) is 4.39 Å². The summed E-state index contributed by atoms with van der Waals surface area (Å²) in [5.74, 6) is -0.647. The van der Waals surface area contributed by atoms with Gasteiger partial charge in [-0.2, -0.15) is 0 Å². The van der Waals surface area contributed by atoms with Crippen LogP contribution >= 0.6 is 0 Å². The Bertz CT molecular complexity index is 1120. The molecule has 0 saturated carbocycles. The first kappa shape index (κ1) is 19.4. The van der Waals surface area contributed by atoms with E-state index in [9.17, 15) is 14.0 Å². The summed E-state index contributed by atoms with van der Waals surface area (Å²) in [5.41, 5.74) is 1.48. The van der Waals surface area contributed by atoms with Crippen molar-refractivity contribution in [2.75, 3.05) is 6.61 Å². The molecule has 0 N–H and O–H groups in total. The highest BCUT2D eigenvalue weighted by atomic mass is 19.1. The van der Waals surface area contributed by atoms with E-state index in [1.54, 1.807) is 30.3 Å². The average Bonchev–Trinajstić information content (AvgIpc) is 3.08. The molecule has 4 rings (SSSR count). The largest absolute Gasteiger partial charge is 0.482 e. The van der Waals surface area contributed by atoms with E-state index in [1.807, 2.05) is 30.3 Å². The molecule has 0 atom stereocenters. The minimum atomic E-state index is -0.517. The Morgan fingerprint density at radius 2 is 1.77 bits per heavy atom. The van der Waals surface area contributed by atoms with Crippen LogP contribution in [0.5, 0.6) is 11.5 Å². The van der Waals surface area contributed by atoms with Crippen molar-refractivity contribution in [3.05, 3.63) is 101 Å². The van der Waals surface area contributed by atoms with Gasteiger partial charge in [0.1, 0.15) is 23.9 Å². The highest BCUT2D eigenvalue weighted by molar-refractivity contribution is 6.14. The van der Waals surface area contributed by atoms with Crippen molar-refractivity contribution in [2.24, 2.45) is 0 Å². The number of allylic oxidation sites excluding steroid dienone is 1. The third kappa shape index (κ3) is 4.38. The number of hydrogen-bond acceptors (Lipinski definition) is 5. The van der Waals surface area contributed by atoms with Gasteiger partial charge in [0, 0.05) is 11.6 Å². The Morgan fingerprint density at radius 3 is 2.57 bits per heavy atom. The summed E-state index contributed by atoms with van der Waals surface area (Å²) in [5, 5.41) is 0. The lowest BCUT2D eigenvalue weighted by molar-refractivity contribution is -0.147. The molecule has 0 spiro atoms. The van der Waals surface area contributed by atoms with Crippen molar-refractivity contribution < 1.29 is 28.2 Å². The molecule has 6 heteroatoms. The topological polar surface area (TPSA) is 61.8 Å². The van der Waals surface area contributed by atoms with Gasteiger partial charge in [0.15, 0.2) is 12.4 Å². The van der Waals surface area contributed by atoms with Crippen molar-refractivity contribution in [1.82, 2.24) is 0 Å². The molecular formula is C24H17FO5. The predicted molar refractivity (Wildman–Crippen MR) is 108 cm³/mol. The van der Waals surface area contributed by atoms with Crippen LogP contribution in [0, 0.1) is 5.82 Å². The van der Waals surface area contributed by atoms with Crippen LogP contribution in [-0.4, -0.2) is 18.4 Å². The molecule has 1 aliphatic rings. The van der Waals surface area contributed by atoms with Gasteiger partial charge < -0.3 is 14.2 Å². The minimum Gasteiger partial charge on any atom is -0.482 e. The molecule has 3 aromatic rings. The van der Waals surface area contributed by atoms with Gasteiger partial charge in [-0.15, -0.1) is 0 Å². The third-order valence-corrected chi connectivity index (χ3v) is 4.43. The molecule has 0 aromatic heterocycles. The molecular weight excluding hydrogens is 387 g/mol. The van der Waals surface area contributed by atoms with Crippen LogP contribution in [0.2, 0.25) is 0 Å². The lowest BCUT2D eigenvalue weighted by atomic mass is 10.1. The van der Waals surface area contributed by atoms with Gasteiger partial charge in [0.05, 0.1) is 5.56 Å². The maximum absolute atomic E-state index is 13.8. The quantitative estimate of drug-likeness (QED) is 0.445. The van der Waals surface area contributed by atoms with Gasteiger partial charge in [0.2, 0.25) is 5.78 Å². The summed E-state index contributed by atoms with van der Waals surface area (Å²) in [6.07, 6.45) is 1.36. The Hall–Kier alpha value is -3.93. The predicted octanol–water partition coefficient (Wildman–Crippen LogP) is 4.56. The van der Waals surface area contributed by atoms with Crippen molar-refractivity contribution >= 4 is 17.8 Å². The van der Waals surface area contributed by atoms with E-state index in [1.165, 1.54) is 18.2 Å². The number of Topliss-reactive ketones (excluding diaryl/α,β-unsaturated/α-hetero) is 1. The molecule has 150 valence electrons. The monoisotopic (exact) mass is 404 g/mol. The number of benzene rings is 3. The molecule has 3 aromatic carbocycles. The maximum Gasteiger partial charge on any atom is 0.344 e. The fraction of sp³-hybridized carbons (Fsp3) is 0.0833. The standard InChI is InChI=1S/C24H17FO5/c25-20-9-5-4-8-17(20)12-22-24(27)19-11-10-18(13-21(19)30-22)28-15-23(26)29-14-16-6-2-1-3-7-16/h1-13H,14-15H2. The molecule has 0 unspecified atom stereocenters. The third-order valence-electron chi connectivity index (χ3n) is 4.43. The Balaban J connectivity index is 1.38. The molecule has 0 aliphatic carbocycles. The molecule has 30 heavy (non-hydrogen) atoms. The molecule has 0 saturated heterocycles. The van der Waals surface area contributed by atoms with Gasteiger partial charge in [-0.3, -0.25) is 4.79 Å². The molecule has 0 fully saturated rings. The first-order chi connectivity index (χ1) is 14.6. The van der Waals surface area contributed by atoms with E-state index in [0.717, 1.165) is 5.56 Å². The fourth-order valence-corrected chi connectivity index (χ4v) is 2.91. The summed E-state index contributed by atoms with van der Waals surface area (Å²) >= 11 is 0. The van der Waals surface area contributed by atoms with Crippen LogP contribution in [0.1, 0.15) is 21.5 Å². The first-order valence-corrected chi connectivity index (χ1v) is 9.25. The number of hydrogen-bond donors (Lipinski definition) is 0. The second-order valence-electron chi connectivity index (χ2n) is 6.55. The molecule has 0 radical (unpaired) electrons. The van der Waals surface area contributed by atoms with E-state index >= 15 is 0 Å². The van der Waals surface area contributed by atoms with E-state index in [-0.39, 0.29) is 36.1 Å². The molecule has 0 amide bonds. The van der Waals surface area contributed by atoms with E-state index in [0.29, 0.717) is 11.3 Å². The molecule has 0 bridgehead atoms. The smallest absolute Gasteiger partial charge is 0.344 e. The van der Waals surface area contributed by atoms with E-state index < -0.39 is 11.8 Å². The van der Waals surface area contributed by atoms with Gasteiger partial charge in [-0.1, -0.05) is 48.5 Å². The number of esters is 1. The zero-order valence-electron chi connectivity index (χ0n) is 15.8. The Kier molecular flexibility index (Phi) is 5.57. The van der Waals surface area contributed by atoms with E-state index in [4.69, 9.17) is 14.2 Å². The minimum absolute atomic E-state index is 0.0227. The highest BCUT2D eigenvalue weighted by Gasteiger charge is 2.28. The Morgan fingerprint density at radius 1 is 1.00 bits per heavy atom. The second kappa shape index (κ2) is 8.61. The van der Waals surface area contributed by atoms with Crippen molar-refractivity contribution in [1.29, 1.82) is 0 Å². The zero-order chi connectivity index (χ0) is 20.9. The fourth-order valence-electron chi connectivity index (χ4n) is 2.91. The summed E-state index contributed by atoms with van der Waals surface area (Å²) < 4.78 is 30.0. The van der Waals surface area contributed by atoms with Crippen LogP contribution in [0.15, 0.2) is 78.6 Å². The van der Waals surface area contributed by atoms with E-state index in [2.05, 4.69) is 0 Å². The number of ether oxygens (including phenoxy) is 3. The first-order valence-electron chi connectivity index (χ1n) is 9.25. The van der Waals surface area contributed by atoms with Gasteiger partial charge in [-0.05, 0) is 29.8 Å². The normalized spacial score (nSPS) is 13.6. The molecule has 1 aliphatic heterocycles. The number of halogens is 1. The number of carbonyl (C=O) groups excluding carboxylic acids is 2. The number of ketones is 1. The number of carbonyl (C=O) groups is 2. The summed E-state index contributed by atoms with van der Waals surface area (Å²) in [4.78, 5) is 24.4. The van der Waals surface area contributed by atoms with Gasteiger partial charge >= 0.3 is 5.97 Å². The molecule has 5 nitrogen and oxygen atoms in total. The van der Waals surface area contributed by atoms with Gasteiger partial charge in [0.25, 0.3) is 0 Å². The van der Waals surface area contributed by atoms with Gasteiger partial charge in [-0.25, -0.2) is 9.18 Å². The maximum atomic E-state index is 13.8. The number of fused-ring (bicyclic) bond motifs is 1. The summed E-state index contributed by atoms with van der Waals surface area (Å²) in [6.45, 7) is -0.119. The lowest BCUT2D eigenvalue weighted by Gasteiger charge is -2.08.